The van der Waals surface area contributed by atoms with Crippen LogP contribution in [0, 0.1) is 17.7 Å². The molecule has 3 atom stereocenters. The van der Waals surface area contributed by atoms with E-state index in [0.717, 1.165) is 4.70 Å². The summed E-state index contributed by atoms with van der Waals surface area (Å²) >= 11 is 1.23. The summed E-state index contributed by atoms with van der Waals surface area (Å²) in [7, 11) is 0. The van der Waals surface area contributed by atoms with E-state index in [2.05, 4.69) is 25.9 Å². The molecule has 0 aliphatic carbocycles. The van der Waals surface area contributed by atoms with Crippen molar-refractivity contribution in [3.63, 3.8) is 0 Å². The van der Waals surface area contributed by atoms with Crippen molar-refractivity contribution in [2.75, 3.05) is 6.54 Å². The number of amides is 3. The lowest BCUT2D eigenvalue weighted by Gasteiger charge is -2.24. The van der Waals surface area contributed by atoms with Crippen LogP contribution in [0.3, 0.4) is 0 Å². The Kier molecular flexibility index (Phi) is 7.92. The summed E-state index contributed by atoms with van der Waals surface area (Å²) in [6, 6.07) is 11.3. The number of Topliss-reactive ketones (excluding diaryl/α,β-unsaturated/α-hetero) is 1. The lowest BCUT2D eigenvalue weighted by Crippen LogP contribution is -2.52. The molecule has 40 heavy (non-hydrogen) atoms. The van der Waals surface area contributed by atoms with E-state index < -0.39 is 35.6 Å². The van der Waals surface area contributed by atoms with E-state index >= 15 is 0 Å². The number of thiazole rings is 1. The summed E-state index contributed by atoms with van der Waals surface area (Å²) < 4.78 is 15.0. The van der Waals surface area contributed by atoms with Gasteiger partial charge in [0, 0.05) is 23.4 Å². The predicted molar refractivity (Wildman–Crippen MR) is 151 cm³/mol. The van der Waals surface area contributed by atoms with Gasteiger partial charge in [-0.15, -0.1) is 11.3 Å². The lowest BCUT2D eigenvalue weighted by molar-refractivity contribution is -0.125. The van der Waals surface area contributed by atoms with Crippen molar-refractivity contribution < 1.29 is 23.6 Å². The number of halogens is 1. The highest BCUT2D eigenvalue weighted by Gasteiger charge is 2.35. The van der Waals surface area contributed by atoms with E-state index in [1.807, 2.05) is 38.1 Å². The highest BCUT2D eigenvalue weighted by molar-refractivity contribution is 7.20. The zero-order valence-electron chi connectivity index (χ0n) is 22.1. The molecule has 4 aromatic rings. The number of aromatic amines is 1. The van der Waals surface area contributed by atoms with Gasteiger partial charge in [-0.2, -0.15) is 0 Å². The number of benzene rings is 2. The minimum atomic E-state index is -1.00. The molecular weight excluding hydrogens is 533 g/mol. The van der Waals surface area contributed by atoms with Crippen LogP contribution in [0.2, 0.25) is 0 Å². The van der Waals surface area contributed by atoms with Crippen molar-refractivity contribution >= 4 is 56.0 Å². The third kappa shape index (κ3) is 5.89. The normalized spacial score (nSPS) is 16.7. The topological polar surface area (TPSA) is 133 Å². The summed E-state index contributed by atoms with van der Waals surface area (Å²) in [5.41, 5.74) is 1.26. The van der Waals surface area contributed by atoms with Crippen molar-refractivity contribution in [2.24, 2.45) is 11.8 Å². The molecule has 3 heterocycles. The fourth-order valence-electron chi connectivity index (χ4n) is 4.96. The highest BCUT2D eigenvalue weighted by Crippen LogP contribution is 2.25. The number of ketones is 1. The number of fused-ring (bicyclic) bond motifs is 2. The van der Waals surface area contributed by atoms with E-state index in [-0.39, 0.29) is 40.1 Å². The predicted octanol–water partition coefficient (Wildman–Crippen LogP) is 3.96. The molecule has 0 spiro atoms. The fourth-order valence-corrected chi connectivity index (χ4v) is 5.92. The van der Waals surface area contributed by atoms with Crippen LogP contribution in [0.15, 0.2) is 48.5 Å². The second kappa shape index (κ2) is 11.5. The first-order valence-corrected chi connectivity index (χ1v) is 14.1. The molecule has 1 fully saturated rings. The van der Waals surface area contributed by atoms with Gasteiger partial charge in [0.25, 0.3) is 5.91 Å². The minimum Gasteiger partial charge on any atom is -0.356 e. The molecule has 2 aromatic heterocycles. The molecule has 0 radical (unpaired) electrons. The molecule has 4 N–H and O–H groups in total. The zero-order chi connectivity index (χ0) is 28.4. The largest absolute Gasteiger partial charge is 0.356 e. The molecule has 1 saturated heterocycles. The number of nitrogens with zero attached hydrogens (tertiary/aromatic N) is 1. The highest BCUT2D eigenvalue weighted by atomic mass is 32.1. The first-order chi connectivity index (χ1) is 19.2. The molecule has 9 nitrogen and oxygen atoms in total. The Balaban J connectivity index is 1.38. The molecule has 3 amide bonds. The number of hydrogen-bond donors (Lipinski definition) is 4. The van der Waals surface area contributed by atoms with Crippen LogP contribution in [0.25, 0.3) is 21.1 Å². The van der Waals surface area contributed by atoms with Crippen LogP contribution in [-0.4, -0.2) is 52.1 Å². The molecule has 0 bridgehead atoms. The van der Waals surface area contributed by atoms with E-state index in [0.29, 0.717) is 30.4 Å². The Hall–Kier alpha value is -4.12. The number of rotatable bonds is 10. The Bertz CT molecular complexity index is 1560. The second-order valence-corrected chi connectivity index (χ2v) is 11.5. The quantitative estimate of drug-likeness (QED) is 0.217. The molecular formula is C29H30FN5O4S. The SMILES string of the molecule is CC(C)C[C@H](NC(=O)c1cc2c(F)cccc2[nH]1)C(=O)N[C@@H](C[C@@H]1CCNC1=O)C(=O)c1nc2ccccc2s1. The van der Waals surface area contributed by atoms with Gasteiger partial charge in [-0.05, 0) is 55.5 Å². The van der Waals surface area contributed by atoms with Crippen LogP contribution in [0.1, 0.15) is 53.4 Å². The molecule has 2 aromatic carbocycles. The van der Waals surface area contributed by atoms with E-state index in [1.165, 1.54) is 29.5 Å². The summed E-state index contributed by atoms with van der Waals surface area (Å²) in [6.45, 7) is 4.34. The van der Waals surface area contributed by atoms with Crippen LogP contribution in [-0.2, 0) is 9.59 Å². The number of H-pyrrole nitrogens is 1. The van der Waals surface area contributed by atoms with Gasteiger partial charge in [-0.3, -0.25) is 19.2 Å². The fraction of sp³-hybridized carbons (Fsp3) is 0.345. The first kappa shape index (κ1) is 27.4. The Morgan fingerprint density at radius 1 is 1.10 bits per heavy atom. The van der Waals surface area contributed by atoms with Crippen LogP contribution in [0.4, 0.5) is 4.39 Å². The van der Waals surface area contributed by atoms with Crippen molar-refractivity contribution in [1.29, 1.82) is 0 Å². The lowest BCUT2D eigenvalue weighted by atomic mass is 9.95. The molecule has 0 saturated carbocycles. The van der Waals surface area contributed by atoms with Gasteiger partial charge < -0.3 is 20.9 Å². The van der Waals surface area contributed by atoms with Crippen molar-refractivity contribution in [3.05, 3.63) is 65.0 Å². The van der Waals surface area contributed by atoms with Crippen molar-refractivity contribution in [1.82, 2.24) is 25.9 Å². The summed E-state index contributed by atoms with van der Waals surface area (Å²) in [6.07, 6.45) is 0.982. The van der Waals surface area contributed by atoms with Gasteiger partial charge in [-0.25, -0.2) is 9.37 Å². The summed E-state index contributed by atoms with van der Waals surface area (Å²) in [4.78, 5) is 60.0. The number of carbonyl (C=O) groups is 4. The Morgan fingerprint density at radius 3 is 2.60 bits per heavy atom. The molecule has 208 valence electrons. The van der Waals surface area contributed by atoms with Crippen molar-refractivity contribution in [3.8, 4) is 0 Å². The number of para-hydroxylation sites is 1. The Labute approximate surface area is 233 Å². The summed E-state index contributed by atoms with van der Waals surface area (Å²) in [5, 5.41) is 8.85. The maximum Gasteiger partial charge on any atom is 0.268 e. The van der Waals surface area contributed by atoms with Crippen LogP contribution in [0.5, 0.6) is 0 Å². The van der Waals surface area contributed by atoms with Crippen molar-refractivity contribution in [2.45, 2.75) is 45.2 Å². The van der Waals surface area contributed by atoms with Gasteiger partial charge in [0.1, 0.15) is 17.6 Å². The molecule has 1 aliphatic rings. The van der Waals surface area contributed by atoms with Gasteiger partial charge >= 0.3 is 0 Å². The second-order valence-electron chi connectivity index (χ2n) is 10.5. The number of carbonyl (C=O) groups excluding carboxylic acids is 4. The number of nitrogens with one attached hydrogen (secondary N) is 4. The average molecular weight is 564 g/mol. The standard InChI is InChI=1S/C29H30FN5O4S/c1-15(2)12-22(34-28(39)23-14-17-18(30)6-5-8-19(17)32-23)27(38)33-21(13-16-10-11-31-26(16)37)25(36)29-35-20-7-3-4-9-24(20)40-29/h3-9,14-16,21-22,32H,10-13H2,1-2H3,(H,31,37)(H,33,38)(H,34,39)/t16-,21-,22-/m0/s1. The first-order valence-electron chi connectivity index (χ1n) is 13.3. The van der Waals surface area contributed by atoms with E-state index in [1.54, 1.807) is 6.07 Å². The third-order valence-corrected chi connectivity index (χ3v) is 8.06. The van der Waals surface area contributed by atoms with Gasteiger partial charge in [-0.1, -0.05) is 32.0 Å². The minimum absolute atomic E-state index is 0.0373. The van der Waals surface area contributed by atoms with Crippen LogP contribution < -0.4 is 16.0 Å². The number of aromatic nitrogens is 2. The molecule has 11 heteroatoms. The monoisotopic (exact) mass is 563 g/mol. The molecule has 0 unspecified atom stereocenters. The van der Waals surface area contributed by atoms with Gasteiger partial charge in [0.05, 0.1) is 16.3 Å². The third-order valence-electron chi connectivity index (χ3n) is 7.01. The number of hydrogen-bond acceptors (Lipinski definition) is 6. The zero-order valence-corrected chi connectivity index (χ0v) is 22.9. The Morgan fingerprint density at radius 2 is 1.90 bits per heavy atom. The maximum absolute atomic E-state index is 14.2. The van der Waals surface area contributed by atoms with E-state index in [4.69, 9.17) is 0 Å². The summed E-state index contributed by atoms with van der Waals surface area (Å²) in [5.74, 6) is -2.50. The molecule has 5 rings (SSSR count). The van der Waals surface area contributed by atoms with Gasteiger partial charge in [0.2, 0.25) is 17.6 Å². The smallest absolute Gasteiger partial charge is 0.268 e. The average Bonchev–Trinajstić information content (AvgIpc) is 3.66. The maximum atomic E-state index is 14.2. The van der Waals surface area contributed by atoms with Gasteiger partial charge in [0.15, 0.2) is 5.01 Å². The van der Waals surface area contributed by atoms with E-state index in [9.17, 15) is 23.6 Å². The van der Waals surface area contributed by atoms with Crippen LogP contribution >= 0.6 is 11.3 Å². The molecule has 1 aliphatic heterocycles.